The number of rotatable bonds is 2. The van der Waals surface area contributed by atoms with Gasteiger partial charge in [0.2, 0.25) is 5.91 Å². The first-order chi connectivity index (χ1) is 10.5. The average Bonchev–Trinajstić information content (AvgIpc) is 2.87. The van der Waals surface area contributed by atoms with Crippen LogP contribution in [-0.4, -0.2) is 28.2 Å². The van der Waals surface area contributed by atoms with E-state index in [1.807, 2.05) is 17.9 Å². The molecule has 1 aliphatic rings. The highest BCUT2D eigenvalue weighted by molar-refractivity contribution is 9.09. The smallest absolute Gasteiger partial charge is 0.234 e. The Labute approximate surface area is 146 Å². The number of carbonyl (C=O) groups is 1. The first-order valence-electron chi connectivity index (χ1n) is 6.68. The molecule has 4 nitrogen and oxygen atoms in total. The number of ether oxygens (including phenoxy) is 1. The molecule has 116 valence electrons. The number of nitrogens with zero attached hydrogens (tertiary/aromatic N) is 2. The lowest BCUT2D eigenvalue weighted by atomic mass is 10.0. The first-order valence-corrected chi connectivity index (χ1v) is 8.56. The van der Waals surface area contributed by atoms with E-state index in [2.05, 4.69) is 20.9 Å². The van der Waals surface area contributed by atoms with E-state index in [9.17, 15) is 4.79 Å². The van der Waals surface area contributed by atoms with E-state index in [1.165, 1.54) is 0 Å². The lowest BCUT2D eigenvalue weighted by molar-refractivity contribution is -0.130. The molecule has 0 aliphatic carbocycles. The lowest BCUT2D eigenvalue weighted by Crippen LogP contribution is -2.28. The minimum Gasteiger partial charge on any atom is -0.495 e. The molecule has 0 spiro atoms. The first kappa shape index (κ1) is 15.8. The number of pyridine rings is 1. The Morgan fingerprint density at radius 3 is 2.86 bits per heavy atom. The molecule has 0 saturated carbocycles. The number of methoxy groups -OCH3 is 1. The molecule has 7 heteroatoms. The molecular weight excluding hydrogens is 391 g/mol. The Balaban J connectivity index is 2.25. The van der Waals surface area contributed by atoms with Crippen LogP contribution in [-0.2, 0) is 11.3 Å². The number of halogens is 3. The normalized spacial score (nSPS) is 17.0. The van der Waals surface area contributed by atoms with E-state index in [4.69, 9.17) is 27.9 Å². The van der Waals surface area contributed by atoms with Crippen molar-refractivity contribution in [2.24, 2.45) is 0 Å². The van der Waals surface area contributed by atoms with Crippen LogP contribution in [0.3, 0.4) is 0 Å². The Hall–Kier alpha value is -1.04. The molecule has 3 rings (SSSR count). The summed E-state index contributed by atoms with van der Waals surface area (Å²) in [5.74, 6) is 0.552. The highest BCUT2D eigenvalue weighted by Gasteiger charge is 2.32. The van der Waals surface area contributed by atoms with Gasteiger partial charge in [-0.3, -0.25) is 9.78 Å². The lowest BCUT2D eigenvalue weighted by Gasteiger charge is -2.21. The Kier molecular flexibility index (Phi) is 4.23. The van der Waals surface area contributed by atoms with E-state index in [0.717, 1.165) is 16.5 Å². The summed E-state index contributed by atoms with van der Waals surface area (Å²) in [6.07, 6.45) is 1.77. The average molecular weight is 404 g/mol. The molecule has 0 N–H and O–H groups in total. The van der Waals surface area contributed by atoms with Crippen LogP contribution in [0.25, 0.3) is 10.9 Å². The summed E-state index contributed by atoms with van der Waals surface area (Å²) >= 11 is 15.7. The summed E-state index contributed by atoms with van der Waals surface area (Å²) in [6.45, 7) is 2.55. The van der Waals surface area contributed by atoms with Crippen LogP contribution >= 0.6 is 39.1 Å². The maximum atomic E-state index is 12.1. The maximum Gasteiger partial charge on any atom is 0.234 e. The van der Waals surface area contributed by atoms with Crippen molar-refractivity contribution in [3.05, 3.63) is 33.4 Å². The van der Waals surface area contributed by atoms with Crippen LogP contribution < -0.4 is 4.74 Å². The van der Waals surface area contributed by atoms with Crippen molar-refractivity contribution in [1.82, 2.24) is 9.88 Å². The second-order valence-electron chi connectivity index (χ2n) is 5.13. The molecule has 0 fully saturated rings. The van der Waals surface area contributed by atoms with E-state index < -0.39 is 0 Å². The number of hydrogen-bond acceptors (Lipinski definition) is 3. The molecule has 0 radical (unpaired) electrons. The fourth-order valence-corrected chi connectivity index (χ4v) is 3.72. The molecule has 1 aromatic carbocycles. The van der Waals surface area contributed by atoms with E-state index in [0.29, 0.717) is 33.2 Å². The summed E-state index contributed by atoms with van der Waals surface area (Å²) in [4.78, 5) is 18.3. The third kappa shape index (κ3) is 2.27. The number of alkyl halides is 1. The molecule has 1 aromatic heterocycles. The van der Waals surface area contributed by atoms with Crippen LogP contribution in [0.5, 0.6) is 5.75 Å². The number of hydrogen-bond donors (Lipinski definition) is 0. The van der Waals surface area contributed by atoms with Crippen LogP contribution in [0, 0.1) is 0 Å². The monoisotopic (exact) mass is 402 g/mol. The predicted octanol–water partition coefficient (Wildman–Crippen LogP) is 4.35. The minimum absolute atomic E-state index is 0.0453. The number of carbonyl (C=O) groups excluding carboxylic acids is 1. The Bertz CT molecular complexity index is 782. The van der Waals surface area contributed by atoms with Crippen molar-refractivity contribution in [2.75, 3.05) is 12.4 Å². The number of amides is 1. The van der Waals surface area contributed by atoms with Gasteiger partial charge in [-0.1, -0.05) is 39.1 Å². The Morgan fingerprint density at radius 1 is 1.50 bits per heavy atom. The summed E-state index contributed by atoms with van der Waals surface area (Å²) in [5.41, 5.74) is 2.71. The predicted molar refractivity (Wildman–Crippen MR) is 91.1 cm³/mol. The van der Waals surface area contributed by atoms with Crippen molar-refractivity contribution < 1.29 is 9.53 Å². The zero-order chi connectivity index (χ0) is 16.0. The van der Waals surface area contributed by atoms with E-state index in [-0.39, 0.29) is 11.9 Å². The highest BCUT2D eigenvalue weighted by atomic mass is 79.9. The van der Waals surface area contributed by atoms with Gasteiger partial charge in [0.15, 0.2) is 0 Å². The van der Waals surface area contributed by atoms with Crippen LogP contribution in [0.4, 0.5) is 0 Å². The summed E-state index contributed by atoms with van der Waals surface area (Å²) < 4.78 is 5.29. The van der Waals surface area contributed by atoms with Gasteiger partial charge in [0.05, 0.1) is 29.0 Å². The fraction of sp³-hybridized carbons (Fsp3) is 0.333. The zero-order valence-electron chi connectivity index (χ0n) is 12.0. The van der Waals surface area contributed by atoms with Gasteiger partial charge in [-0.25, -0.2) is 0 Å². The van der Waals surface area contributed by atoms with Crippen molar-refractivity contribution in [2.45, 2.75) is 19.5 Å². The number of aromatic nitrogens is 1. The molecule has 1 atom stereocenters. The van der Waals surface area contributed by atoms with Crippen molar-refractivity contribution in [3.63, 3.8) is 0 Å². The number of benzene rings is 1. The summed E-state index contributed by atoms with van der Waals surface area (Å²) in [7, 11) is 1.55. The number of fused-ring (bicyclic) bond motifs is 3. The molecule has 1 amide bonds. The fourth-order valence-electron chi connectivity index (χ4n) is 2.93. The Morgan fingerprint density at radius 2 is 2.23 bits per heavy atom. The second kappa shape index (κ2) is 5.87. The molecule has 2 aromatic rings. The molecule has 2 heterocycles. The largest absolute Gasteiger partial charge is 0.495 e. The molecular formula is C15H13BrCl2N2O2. The van der Waals surface area contributed by atoms with Crippen molar-refractivity contribution >= 4 is 55.9 Å². The van der Waals surface area contributed by atoms with E-state index >= 15 is 0 Å². The van der Waals surface area contributed by atoms with Crippen molar-refractivity contribution in [3.8, 4) is 5.75 Å². The van der Waals surface area contributed by atoms with Gasteiger partial charge in [-0.15, -0.1) is 0 Å². The van der Waals surface area contributed by atoms with E-state index in [1.54, 1.807) is 13.3 Å². The molecule has 0 bridgehead atoms. The van der Waals surface area contributed by atoms with Gasteiger partial charge in [0.25, 0.3) is 0 Å². The van der Waals surface area contributed by atoms with Gasteiger partial charge in [0.1, 0.15) is 10.8 Å². The van der Waals surface area contributed by atoms with Gasteiger partial charge < -0.3 is 9.64 Å². The minimum atomic E-state index is -0.0486. The van der Waals surface area contributed by atoms with Gasteiger partial charge in [0, 0.05) is 18.1 Å². The third-order valence-electron chi connectivity index (χ3n) is 4.01. The topological polar surface area (TPSA) is 42.4 Å². The summed E-state index contributed by atoms with van der Waals surface area (Å²) in [5, 5.41) is 1.90. The van der Waals surface area contributed by atoms with Gasteiger partial charge in [-0.05, 0) is 24.1 Å². The van der Waals surface area contributed by atoms with Crippen LogP contribution in [0.15, 0.2) is 12.3 Å². The molecule has 0 saturated heterocycles. The maximum absolute atomic E-state index is 12.1. The second-order valence-corrected chi connectivity index (χ2v) is 6.45. The highest BCUT2D eigenvalue weighted by Crippen LogP contribution is 2.44. The standard InChI is InChI=1S/C15H13BrCl2N2O2/c1-7-12-8(6-20(7)11(21)4-16)5-19-15-9(12)3-10(22-2)13(17)14(15)18/h3,5,7H,4,6H2,1-2H3/t7-/m0/s1. The zero-order valence-corrected chi connectivity index (χ0v) is 15.1. The van der Waals surface area contributed by atoms with Crippen molar-refractivity contribution in [1.29, 1.82) is 0 Å². The van der Waals surface area contributed by atoms with Crippen LogP contribution in [0.2, 0.25) is 10.0 Å². The molecule has 22 heavy (non-hydrogen) atoms. The SMILES string of the molecule is COc1cc2c3c(cnc2c(Cl)c1Cl)CN(C(=O)CBr)[C@H]3C. The molecule has 0 unspecified atom stereocenters. The van der Waals surface area contributed by atoms with Crippen LogP contribution in [0.1, 0.15) is 24.1 Å². The van der Waals surface area contributed by atoms with Gasteiger partial charge in [-0.2, -0.15) is 0 Å². The van der Waals surface area contributed by atoms with Gasteiger partial charge >= 0.3 is 0 Å². The quantitative estimate of drug-likeness (QED) is 0.700. The third-order valence-corrected chi connectivity index (χ3v) is 5.33. The molecule has 1 aliphatic heterocycles. The summed E-state index contributed by atoms with van der Waals surface area (Å²) in [6, 6.07) is 1.79.